The first-order valence-corrected chi connectivity index (χ1v) is 6.79. The zero-order valence-corrected chi connectivity index (χ0v) is 10.7. The average molecular weight is 271 g/mol. The van der Waals surface area contributed by atoms with Crippen molar-refractivity contribution < 1.29 is 5.11 Å². The summed E-state index contributed by atoms with van der Waals surface area (Å²) in [4.78, 5) is 0. The van der Waals surface area contributed by atoms with E-state index in [1.54, 1.807) is 12.1 Å². The van der Waals surface area contributed by atoms with Crippen LogP contribution in [0.2, 0.25) is 0 Å². The number of alkyl halides is 1. The Bertz CT molecular complexity index is 256. The monoisotopic (exact) mass is 270 g/mol. The summed E-state index contributed by atoms with van der Waals surface area (Å²) >= 11 is 3.44. The molecule has 0 atom stereocenters. The molecule has 0 fully saturated rings. The van der Waals surface area contributed by atoms with Crippen molar-refractivity contribution in [2.45, 2.75) is 38.5 Å². The van der Waals surface area contributed by atoms with Crippen LogP contribution in [0.4, 0.5) is 0 Å². The second-order valence-corrected chi connectivity index (χ2v) is 4.67. The lowest BCUT2D eigenvalue weighted by molar-refractivity contribution is 0.475. The molecule has 1 rings (SSSR count). The Labute approximate surface area is 101 Å². The first-order chi connectivity index (χ1) is 7.33. The van der Waals surface area contributed by atoms with Gasteiger partial charge in [-0.2, -0.15) is 0 Å². The SMILES string of the molecule is Oc1ccc(CCCCCCCBr)cc1. The van der Waals surface area contributed by atoms with Gasteiger partial charge in [0.25, 0.3) is 0 Å². The molecule has 1 N–H and O–H groups in total. The second kappa shape index (κ2) is 7.75. The molecule has 0 aliphatic heterocycles. The molecule has 0 saturated carbocycles. The van der Waals surface area contributed by atoms with Gasteiger partial charge in [-0.25, -0.2) is 0 Å². The van der Waals surface area contributed by atoms with Crippen molar-refractivity contribution in [3.8, 4) is 5.75 Å². The van der Waals surface area contributed by atoms with E-state index in [-0.39, 0.29) is 0 Å². The molecule has 1 aromatic carbocycles. The van der Waals surface area contributed by atoms with E-state index in [0.717, 1.165) is 11.8 Å². The highest BCUT2D eigenvalue weighted by Gasteiger charge is 1.94. The van der Waals surface area contributed by atoms with Gasteiger partial charge in [-0.15, -0.1) is 0 Å². The van der Waals surface area contributed by atoms with Crippen LogP contribution in [0.5, 0.6) is 5.75 Å². The summed E-state index contributed by atoms with van der Waals surface area (Å²) in [6.45, 7) is 0. The third kappa shape index (κ3) is 5.83. The van der Waals surface area contributed by atoms with Crippen LogP contribution in [0.15, 0.2) is 24.3 Å². The molecule has 84 valence electrons. The van der Waals surface area contributed by atoms with Crippen molar-refractivity contribution in [1.29, 1.82) is 0 Å². The van der Waals surface area contributed by atoms with Crippen molar-refractivity contribution in [2.75, 3.05) is 5.33 Å². The summed E-state index contributed by atoms with van der Waals surface area (Å²) in [6, 6.07) is 7.54. The summed E-state index contributed by atoms with van der Waals surface area (Å²) in [5, 5.41) is 10.3. The first kappa shape index (κ1) is 12.6. The Kier molecular flexibility index (Phi) is 6.49. The molecule has 0 spiro atoms. The van der Waals surface area contributed by atoms with Gasteiger partial charge in [0, 0.05) is 5.33 Å². The van der Waals surface area contributed by atoms with Gasteiger partial charge in [0.1, 0.15) is 5.75 Å². The smallest absolute Gasteiger partial charge is 0.115 e. The van der Waals surface area contributed by atoms with E-state index >= 15 is 0 Å². The van der Waals surface area contributed by atoms with E-state index in [1.165, 1.54) is 37.7 Å². The van der Waals surface area contributed by atoms with Crippen LogP contribution >= 0.6 is 15.9 Å². The van der Waals surface area contributed by atoms with Crippen LogP contribution in [0, 0.1) is 0 Å². The number of benzene rings is 1. The minimum atomic E-state index is 0.357. The highest BCUT2D eigenvalue weighted by Crippen LogP contribution is 2.13. The van der Waals surface area contributed by atoms with E-state index in [9.17, 15) is 0 Å². The van der Waals surface area contributed by atoms with Gasteiger partial charge in [-0.3, -0.25) is 0 Å². The molecule has 0 saturated heterocycles. The maximum Gasteiger partial charge on any atom is 0.115 e. The zero-order chi connectivity index (χ0) is 10.9. The molecule has 1 aromatic rings. The zero-order valence-electron chi connectivity index (χ0n) is 9.08. The van der Waals surface area contributed by atoms with Crippen molar-refractivity contribution in [3.05, 3.63) is 29.8 Å². The van der Waals surface area contributed by atoms with Gasteiger partial charge in [0.05, 0.1) is 0 Å². The highest BCUT2D eigenvalue weighted by atomic mass is 79.9. The topological polar surface area (TPSA) is 20.2 Å². The molecule has 0 aliphatic carbocycles. The van der Waals surface area contributed by atoms with Gasteiger partial charge >= 0.3 is 0 Å². The standard InChI is InChI=1S/C13H19BrO/c14-11-5-3-1-2-4-6-12-7-9-13(15)10-8-12/h7-10,15H,1-6,11H2. The number of phenols is 1. The lowest BCUT2D eigenvalue weighted by Gasteiger charge is -2.01. The number of aryl methyl sites for hydroxylation is 1. The quantitative estimate of drug-likeness (QED) is 0.579. The minimum absolute atomic E-state index is 0.357. The lowest BCUT2D eigenvalue weighted by atomic mass is 10.1. The van der Waals surface area contributed by atoms with Crippen LogP contribution in [0.25, 0.3) is 0 Å². The molecule has 0 heterocycles. The molecule has 2 heteroatoms. The summed E-state index contributed by atoms with van der Waals surface area (Å²) < 4.78 is 0. The molecule has 0 amide bonds. The summed E-state index contributed by atoms with van der Waals surface area (Å²) in [5.41, 5.74) is 1.33. The molecule has 0 radical (unpaired) electrons. The molecule has 0 aromatic heterocycles. The predicted molar refractivity (Wildman–Crippen MR) is 68.7 cm³/mol. The number of aromatic hydroxyl groups is 1. The van der Waals surface area contributed by atoms with Gasteiger partial charge < -0.3 is 5.11 Å². The van der Waals surface area contributed by atoms with Crippen molar-refractivity contribution in [3.63, 3.8) is 0 Å². The normalized spacial score (nSPS) is 10.5. The fourth-order valence-electron chi connectivity index (χ4n) is 1.62. The Morgan fingerprint density at radius 3 is 2.13 bits per heavy atom. The number of hydrogen-bond acceptors (Lipinski definition) is 1. The fraction of sp³-hybridized carbons (Fsp3) is 0.538. The third-order valence-electron chi connectivity index (χ3n) is 2.54. The molecule has 0 unspecified atom stereocenters. The first-order valence-electron chi connectivity index (χ1n) is 5.67. The third-order valence-corrected chi connectivity index (χ3v) is 3.10. The van der Waals surface area contributed by atoms with Crippen LogP contribution < -0.4 is 0 Å². The van der Waals surface area contributed by atoms with Crippen LogP contribution in [-0.4, -0.2) is 10.4 Å². The van der Waals surface area contributed by atoms with E-state index < -0.39 is 0 Å². The van der Waals surface area contributed by atoms with E-state index in [4.69, 9.17) is 5.11 Å². The fourth-order valence-corrected chi connectivity index (χ4v) is 2.01. The highest BCUT2D eigenvalue weighted by molar-refractivity contribution is 9.09. The van der Waals surface area contributed by atoms with Crippen LogP contribution in [-0.2, 0) is 6.42 Å². The van der Waals surface area contributed by atoms with Crippen molar-refractivity contribution in [1.82, 2.24) is 0 Å². The predicted octanol–water partition coefficient (Wildman–Crippen LogP) is 4.28. The van der Waals surface area contributed by atoms with E-state index in [1.807, 2.05) is 12.1 Å². The number of phenolic OH excluding ortho intramolecular Hbond substituents is 1. The van der Waals surface area contributed by atoms with Crippen LogP contribution in [0.1, 0.15) is 37.7 Å². The maximum absolute atomic E-state index is 9.12. The second-order valence-electron chi connectivity index (χ2n) is 3.87. The Morgan fingerprint density at radius 2 is 1.47 bits per heavy atom. The van der Waals surface area contributed by atoms with Gasteiger partial charge in [0.2, 0.25) is 0 Å². The Morgan fingerprint density at radius 1 is 0.867 bits per heavy atom. The molecule has 1 nitrogen and oxygen atoms in total. The lowest BCUT2D eigenvalue weighted by Crippen LogP contribution is -1.86. The van der Waals surface area contributed by atoms with Crippen molar-refractivity contribution in [2.24, 2.45) is 0 Å². The molecule has 0 bridgehead atoms. The number of unbranched alkanes of at least 4 members (excludes halogenated alkanes) is 4. The molecular formula is C13H19BrO. The maximum atomic E-state index is 9.12. The molecule has 0 aliphatic rings. The summed E-state index contributed by atoms with van der Waals surface area (Å²) in [5.74, 6) is 0.357. The van der Waals surface area contributed by atoms with Crippen LogP contribution in [0.3, 0.4) is 0 Å². The average Bonchev–Trinajstić information content (AvgIpc) is 2.26. The van der Waals surface area contributed by atoms with E-state index in [2.05, 4.69) is 15.9 Å². The van der Waals surface area contributed by atoms with Gasteiger partial charge in [-0.1, -0.05) is 47.3 Å². The molecular weight excluding hydrogens is 252 g/mol. The number of rotatable bonds is 7. The Hall–Kier alpha value is -0.500. The van der Waals surface area contributed by atoms with Gasteiger partial charge in [0.15, 0.2) is 0 Å². The number of hydrogen-bond donors (Lipinski definition) is 1. The summed E-state index contributed by atoms with van der Waals surface area (Å²) in [6.07, 6.45) is 7.67. The Balaban J connectivity index is 2.07. The molecule has 15 heavy (non-hydrogen) atoms. The minimum Gasteiger partial charge on any atom is -0.508 e. The van der Waals surface area contributed by atoms with Crippen molar-refractivity contribution >= 4 is 15.9 Å². The number of halogens is 1. The summed E-state index contributed by atoms with van der Waals surface area (Å²) in [7, 11) is 0. The van der Waals surface area contributed by atoms with E-state index in [0.29, 0.717) is 5.75 Å². The largest absolute Gasteiger partial charge is 0.508 e. The van der Waals surface area contributed by atoms with Gasteiger partial charge in [-0.05, 0) is 37.0 Å².